The van der Waals surface area contributed by atoms with Crippen molar-refractivity contribution in [3.63, 3.8) is 0 Å². The fourth-order valence-corrected chi connectivity index (χ4v) is 1.90. The summed E-state index contributed by atoms with van der Waals surface area (Å²) in [7, 11) is 0. The summed E-state index contributed by atoms with van der Waals surface area (Å²) in [5.41, 5.74) is 5.63. The summed E-state index contributed by atoms with van der Waals surface area (Å²) in [5.74, 6) is -0.293. The molecule has 0 fully saturated rings. The van der Waals surface area contributed by atoms with E-state index >= 15 is 0 Å². The summed E-state index contributed by atoms with van der Waals surface area (Å²) in [6.07, 6.45) is 1.000. The van der Waals surface area contributed by atoms with Crippen molar-refractivity contribution in [1.29, 1.82) is 0 Å². The molecule has 0 saturated carbocycles. The van der Waals surface area contributed by atoms with Crippen LogP contribution in [0.3, 0.4) is 0 Å². The Morgan fingerprint density at radius 1 is 1.41 bits per heavy atom. The smallest absolute Gasteiger partial charge is 0.217 e. The number of benzene rings is 1. The number of nitrogens with one attached hydrogen (secondary N) is 1. The van der Waals surface area contributed by atoms with Crippen LogP contribution < -0.4 is 11.1 Å². The molecule has 0 heterocycles. The predicted octanol–water partition coefficient (Wildman–Crippen LogP) is 2.05. The van der Waals surface area contributed by atoms with E-state index in [4.69, 9.17) is 28.9 Å². The minimum atomic E-state index is -0.319. The summed E-state index contributed by atoms with van der Waals surface area (Å²) in [6.45, 7) is 1.07. The van der Waals surface area contributed by atoms with Crippen LogP contribution in [0.1, 0.15) is 18.4 Å². The third kappa shape index (κ3) is 4.81. The second-order valence-electron chi connectivity index (χ2n) is 3.64. The molecule has 0 spiro atoms. The molecular weight excluding hydrogens is 263 g/mol. The number of hydrogen-bond acceptors (Lipinski definition) is 3. The molecule has 6 heteroatoms. The summed E-state index contributed by atoms with van der Waals surface area (Å²) < 4.78 is 0. The van der Waals surface area contributed by atoms with Crippen LogP contribution in [0.4, 0.5) is 0 Å². The Labute approximate surface area is 110 Å². The van der Waals surface area contributed by atoms with Crippen molar-refractivity contribution in [3.05, 3.63) is 27.7 Å². The third-order valence-corrected chi connectivity index (χ3v) is 2.71. The Morgan fingerprint density at radius 2 is 2.12 bits per heavy atom. The number of aromatic hydroxyl groups is 1. The fraction of sp³-hybridized carbons (Fsp3) is 0.364. The van der Waals surface area contributed by atoms with E-state index in [1.807, 2.05) is 0 Å². The maximum absolute atomic E-state index is 10.5. The normalized spacial score (nSPS) is 10.5. The van der Waals surface area contributed by atoms with Crippen LogP contribution in [0.15, 0.2) is 12.1 Å². The van der Waals surface area contributed by atoms with Crippen molar-refractivity contribution in [2.75, 3.05) is 6.54 Å². The van der Waals surface area contributed by atoms with Gasteiger partial charge in [-0.25, -0.2) is 0 Å². The highest BCUT2D eigenvalue weighted by Crippen LogP contribution is 2.30. The number of phenolic OH excluding ortho intramolecular Hbond substituents is 1. The van der Waals surface area contributed by atoms with Crippen LogP contribution in [0.5, 0.6) is 5.75 Å². The van der Waals surface area contributed by atoms with Gasteiger partial charge in [-0.05, 0) is 25.1 Å². The lowest BCUT2D eigenvalue weighted by Crippen LogP contribution is -2.18. The van der Waals surface area contributed by atoms with Gasteiger partial charge in [-0.3, -0.25) is 4.79 Å². The predicted molar refractivity (Wildman–Crippen MR) is 68.3 cm³/mol. The lowest BCUT2D eigenvalue weighted by Gasteiger charge is -2.08. The van der Waals surface area contributed by atoms with Crippen molar-refractivity contribution in [2.24, 2.45) is 5.73 Å². The van der Waals surface area contributed by atoms with Crippen LogP contribution in [-0.2, 0) is 11.3 Å². The van der Waals surface area contributed by atoms with Crippen molar-refractivity contribution >= 4 is 29.1 Å². The van der Waals surface area contributed by atoms with E-state index in [-0.39, 0.29) is 16.7 Å². The molecule has 0 saturated heterocycles. The molecule has 0 unspecified atom stereocenters. The van der Waals surface area contributed by atoms with Gasteiger partial charge in [0.25, 0.3) is 0 Å². The average molecular weight is 277 g/mol. The molecule has 1 rings (SSSR count). The van der Waals surface area contributed by atoms with Gasteiger partial charge in [0.05, 0.1) is 5.02 Å². The van der Waals surface area contributed by atoms with E-state index in [0.717, 1.165) is 0 Å². The van der Waals surface area contributed by atoms with Gasteiger partial charge < -0.3 is 16.2 Å². The number of primary amides is 1. The quantitative estimate of drug-likeness (QED) is 0.696. The molecule has 0 aliphatic rings. The highest BCUT2D eigenvalue weighted by molar-refractivity contribution is 6.35. The van der Waals surface area contributed by atoms with Gasteiger partial charge in [0.15, 0.2) is 0 Å². The molecule has 1 aromatic carbocycles. The molecule has 1 amide bonds. The molecule has 0 aliphatic carbocycles. The highest BCUT2D eigenvalue weighted by Gasteiger charge is 2.07. The molecule has 17 heavy (non-hydrogen) atoms. The van der Waals surface area contributed by atoms with Crippen molar-refractivity contribution in [2.45, 2.75) is 19.4 Å². The third-order valence-electron chi connectivity index (χ3n) is 2.20. The summed E-state index contributed by atoms with van der Waals surface area (Å²) in [6, 6.07) is 3.12. The Hall–Kier alpha value is -0.970. The Balaban J connectivity index is 2.44. The first-order valence-corrected chi connectivity index (χ1v) is 5.92. The lowest BCUT2D eigenvalue weighted by molar-refractivity contribution is -0.118. The first-order valence-electron chi connectivity index (χ1n) is 5.16. The topological polar surface area (TPSA) is 75.4 Å². The summed E-state index contributed by atoms with van der Waals surface area (Å²) >= 11 is 11.6. The number of carbonyl (C=O) groups is 1. The van der Waals surface area contributed by atoms with E-state index in [9.17, 15) is 9.90 Å². The number of carbonyl (C=O) groups excluding carboxylic acids is 1. The minimum absolute atomic E-state index is 0.0264. The van der Waals surface area contributed by atoms with Crippen molar-refractivity contribution in [3.8, 4) is 5.75 Å². The molecule has 94 valence electrons. The summed E-state index contributed by atoms with van der Waals surface area (Å²) in [5, 5.41) is 13.4. The largest absolute Gasteiger partial charge is 0.506 e. The van der Waals surface area contributed by atoms with Gasteiger partial charge in [-0.1, -0.05) is 23.2 Å². The number of halogens is 2. The molecule has 0 atom stereocenters. The number of amides is 1. The fourth-order valence-electron chi connectivity index (χ4n) is 1.36. The van der Waals surface area contributed by atoms with Crippen LogP contribution in [0.25, 0.3) is 0 Å². The molecule has 4 nitrogen and oxygen atoms in total. The lowest BCUT2D eigenvalue weighted by atomic mass is 10.2. The monoisotopic (exact) mass is 276 g/mol. The molecule has 0 radical (unpaired) electrons. The zero-order valence-corrected chi connectivity index (χ0v) is 10.7. The van der Waals surface area contributed by atoms with E-state index in [1.165, 1.54) is 6.07 Å². The maximum atomic E-state index is 10.5. The standard InChI is InChI=1S/C11H14Cl2N2O2/c12-8-4-7(11(17)9(13)5-8)6-15-3-1-2-10(14)16/h4-5,15,17H,1-3,6H2,(H2,14,16). The SMILES string of the molecule is NC(=O)CCCNCc1cc(Cl)cc(Cl)c1O. The van der Waals surface area contributed by atoms with E-state index in [0.29, 0.717) is 36.5 Å². The number of rotatable bonds is 6. The number of phenols is 1. The molecule has 4 N–H and O–H groups in total. The van der Waals surface area contributed by atoms with Gasteiger partial charge in [-0.2, -0.15) is 0 Å². The first-order chi connectivity index (χ1) is 8.00. The summed E-state index contributed by atoms with van der Waals surface area (Å²) in [4.78, 5) is 10.5. The van der Waals surface area contributed by atoms with Crippen molar-refractivity contribution < 1.29 is 9.90 Å². The zero-order valence-electron chi connectivity index (χ0n) is 9.17. The second-order valence-corrected chi connectivity index (χ2v) is 4.49. The second kappa shape index (κ2) is 6.69. The van der Waals surface area contributed by atoms with E-state index in [1.54, 1.807) is 6.07 Å². The molecule has 0 aliphatic heterocycles. The number of hydrogen-bond donors (Lipinski definition) is 3. The minimum Gasteiger partial charge on any atom is -0.506 e. The van der Waals surface area contributed by atoms with Gasteiger partial charge in [0, 0.05) is 23.6 Å². The first kappa shape index (κ1) is 14.1. The van der Waals surface area contributed by atoms with Gasteiger partial charge in [-0.15, -0.1) is 0 Å². The maximum Gasteiger partial charge on any atom is 0.217 e. The van der Waals surface area contributed by atoms with Crippen LogP contribution in [-0.4, -0.2) is 17.6 Å². The zero-order chi connectivity index (χ0) is 12.8. The van der Waals surface area contributed by atoms with Crippen LogP contribution in [0, 0.1) is 0 Å². The highest BCUT2D eigenvalue weighted by atomic mass is 35.5. The van der Waals surface area contributed by atoms with Crippen molar-refractivity contribution in [1.82, 2.24) is 5.32 Å². The van der Waals surface area contributed by atoms with Gasteiger partial charge in [0.2, 0.25) is 5.91 Å². The van der Waals surface area contributed by atoms with E-state index < -0.39 is 0 Å². The molecule has 0 bridgehead atoms. The molecule has 1 aromatic rings. The van der Waals surface area contributed by atoms with Crippen LogP contribution >= 0.6 is 23.2 Å². The Kier molecular flexibility index (Phi) is 5.55. The van der Waals surface area contributed by atoms with Gasteiger partial charge in [0.1, 0.15) is 5.75 Å². The Bertz CT molecular complexity index is 411. The average Bonchev–Trinajstić information content (AvgIpc) is 2.23. The number of nitrogens with two attached hydrogens (primary N) is 1. The molecular formula is C11H14Cl2N2O2. The molecule has 0 aromatic heterocycles. The Morgan fingerprint density at radius 3 is 2.76 bits per heavy atom. The van der Waals surface area contributed by atoms with Crippen LogP contribution in [0.2, 0.25) is 10.0 Å². The van der Waals surface area contributed by atoms with Gasteiger partial charge >= 0.3 is 0 Å². The van der Waals surface area contributed by atoms with E-state index in [2.05, 4.69) is 5.32 Å².